The minimum atomic E-state index is -0.299. The Morgan fingerprint density at radius 1 is 1.39 bits per heavy atom. The van der Waals surface area contributed by atoms with Crippen LogP contribution in [0.2, 0.25) is 0 Å². The molecule has 1 aromatic rings. The van der Waals surface area contributed by atoms with Gasteiger partial charge in [-0.25, -0.2) is 0 Å². The molecule has 2 N–H and O–H groups in total. The first kappa shape index (κ1) is 13.8. The number of carbonyl (C=O) groups is 1. The van der Waals surface area contributed by atoms with E-state index in [2.05, 4.69) is 45.4 Å². The van der Waals surface area contributed by atoms with E-state index >= 15 is 0 Å². The number of hydrogen-bond donors (Lipinski definition) is 2. The molecule has 0 radical (unpaired) electrons. The van der Waals surface area contributed by atoms with Gasteiger partial charge in [0.25, 0.3) is 0 Å². The predicted molar refractivity (Wildman–Crippen MR) is 78.8 cm³/mol. The van der Waals surface area contributed by atoms with Crippen molar-refractivity contribution in [3.63, 3.8) is 0 Å². The molecule has 1 aliphatic heterocycles. The van der Waals surface area contributed by atoms with Crippen molar-refractivity contribution in [2.45, 2.75) is 22.1 Å². The fourth-order valence-corrected chi connectivity index (χ4v) is 3.79. The van der Waals surface area contributed by atoms with Crippen molar-refractivity contribution in [2.24, 2.45) is 0 Å². The first-order valence-corrected chi connectivity index (χ1v) is 7.13. The summed E-state index contributed by atoms with van der Waals surface area (Å²) >= 11 is 2.39. The number of likely N-dealkylation sites (N-methyl/N-ethyl adjacent to an activating group) is 1. The first-order chi connectivity index (χ1) is 8.69. The summed E-state index contributed by atoms with van der Waals surface area (Å²) in [5, 5.41) is 6.57. The molecule has 2 rings (SSSR count). The molecule has 0 aliphatic carbocycles. The third kappa shape index (κ3) is 2.53. The molecular formula is C13H17IN2O2. The number of ether oxygens (including phenoxy) is 1. The van der Waals surface area contributed by atoms with Gasteiger partial charge in [0.15, 0.2) is 0 Å². The summed E-state index contributed by atoms with van der Waals surface area (Å²) < 4.78 is 5.14. The first-order valence-electron chi connectivity index (χ1n) is 5.89. The van der Waals surface area contributed by atoms with E-state index in [9.17, 15) is 4.79 Å². The zero-order valence-corrected chi connectivity index (χ0v) is 12.5. The second-order valence-electron chi connectivity index (χ2n) is 4.31. The zero-order chi connectivity index (χ0) is 13.1. The van der Waals surface area contributed by atoms with E-state index in [1.54, 1.807) is 0 Å². The molecule has 4 atom stereocenters. The summed E-state index contributed by atoms with van der Waals surface area (Å²) in [6.45, 7) is 0. The maximum absolute atomic E-state index is 11.8. The Morgan fingerprint density at radius 3 is 2.61 bits per heavy atom. The van der Waals surface area contributed by atoms with E-state index in [0.717, 1.165) is 0 Å². The van der Waals surface area contributed by atoms with Crippen LogP contribution in [0.3, 0.4) is 0 Å². The van der Waals surface area contributed by atoms with Crippen LogP contribution in [-0.4, -0.2) is 36.1 Å². The Labute approximate surface area is 121 Å². The molecular weight excluding hydrogens is 343 g/mol. The molecule has 0 unspecified atom stereocenters. The number of nitrogens with one attached hydrogen (secondary N) is 2. The lowest BCUT2D eigenvalue weighted by Crippen LogP contribution is -2.47. The Hall–Kier alpha value is -0.660. The number of alkyl halides is 1. The van der Waals surface area contributed by atoms with Crippen LogP contribution in [0.5, 0.6) is 0 Å². The topological polar surface area (TPSA) is 50.4 Å². The van der Waals surface area contributed by atoms with Gasteiger partial charge in [-0.15, -0.1) is 0 Å². The average molecular weight is 360 g/mol. The smallest absolute Gasteiger partial charge is 0.324 e. The van der Waals surface area contributed by atoms with Gasteiger partial charge < -0.3 is 10.1 Å². The van der Waals surface area contributed by atoms with Gasteiger partial charge in [0.05, 0.1) is 7.11 Å². The lowest BCUT2D eigenvalue weighted by Gasteiger charge is -2.19. The van der Waals surface area contributed by atoms with Crippen LogP contribution in [-0.2, 0) is 9.53 Å². The lowest BCUT2D eigenvalue weighted by atomic mass is 10.0. The van der Waals surface area contributed by atoms with Crippen LogP contribution >= 0.6 is 22.6 Å². The van der Waals surface area contributed by atoms with Crippen LogP contribution in [0.4, 0.5) is 0 Å². The lowest BCUT2D eigenvalue weighted by molar-refractivity contribution is -0.143. The molecule has 18 heavy (non-hydrogen) atoms. The molecule has 0 saturated carbocycles. The van der Waals surface area contributed by atoms with Gasteiger partial charge in [-0.1, -0.05) is 52.9 Å². The van der Waals surface area contributed by atoms with Crippen molar-refractivity contribution in [2.75, 3.05) is 14.2 Å². The third-order valence-corrected chi connectivity index (χ3v) is 4.82. The van der Waals surface area contributed by atoms with Crippen molar-refractivity contribution in [3.8, 4) is 0 Å². The summed E-state index contributed by atoms with van der Waals surface area (Å²) in [4.78, 5) is 11.8. The minimum Gasteiger partial charge on any atom is -0.468 e. The van der Waals surface area contributed by atoms with E-state index in [0.29, 0.717) is 3.92 Å². The molecule has 5 heteroatoms. The molecule has 0 aromatic heterocycles. The SMILES string of the molecule is CN[C@H]1[C@H](I)[C@@H](c2ccccc2)N[C@H]1C(=O)OC. The largest absolute Gasteiger partial charge is 0.468 e. The Morgan fingerprint density at radius 2 is 2.06 bits per heavy atom. The summed E-state index contributed by atoms with van der Waals surface area (Å²) in [7, 11) is 3.30. The fourth-order valence-electron chi connectivity index (χ4n) is 2.39. The van der Waals surface area contributed by atoms with Gasteiger partial charge in [-0.3, -0.25) is 10.1 Å². The van der Waals surface area contributed by atoms with E-state index < -0.39 is 0 Å². The van der Waals surface area contributed by atoms with Gasteiger partial charge in [-0.05, 0) is 12.6 Å². The molecule has 4 nitrogen and oxygen atoms in total. The maximum Gasteiger partial charge on any atom is 0.324 e. The monoisotopic (exact) mass is 360 g/mol. The van der Waals surface area contributed by atoms with Gasteiger partial charge in [-0.2, -0.15) is 0 Å². The molecule has 1 saturated heterocycles. The minimum absolute atomic E-state index is 0.0725. The molecule has 0 amide bonds. The number of methoxy groups -OCH3 is 1. The molecule has 1 heterocycles. The highest BCUT2D eigenvalue weighted by Gasteiger charge is 2.45. The highest BCUT2D eigenvalue weighted by atomic mass is 127. The maximum atomic E-state index is 11.8. The van der Waals surface area contributed by atoms with Crippen molar-refractivity contribution < 1.29 is 9.53 Å². The van der Waals surface area contributed by atoms with Crippen LogP contribution in [0, 0.1) is 0 Å². The molecule has 1 aliphatic rings. The summed E-state index contributed by atoms with van der Waals surface area (Å²) in [5.41, 5.74) is 1.20. The molecule has 98 valence electrons. The second-order valence-corrected chi connectivity index (χ2v) is 5.75. The number of halogens is 1. The standard InChI is InChI=1S/C13H17IN2O2/c1-15-11-9(14)10(8-6-4-3-5-7-8)16-12(11)13(17)18-2/h3-7,9-12,15-16H,1-2H3/t9-,10-,11+,12-/m1/s1. The Balaban J connectivity index is 2.23. The Kier molecular flexibility index (Phi) is 4.58. The van der Waals surface area contributed by atoms with Gasteiger partial charge in [0, 0.05) is 16.0 Å². The number of benzene rings is 1. The molecule has 0 spiro atoms. The van der Waals surface area contributed by atoms with Crippen LogP contribution in [0.15, 0.2) is 30.3 Å². The fraction of sp³-hybridized carbons (Fsp3) is 0.462. The van der Waals surface area contributed by atoms with Gasteiger partial charge in [0.1, 0.15) is 6.04 Å². The molecule has 0 bridgehead atoms. The number of rotatable bonds is 3. The normalized spacial score (nSPS) is 31.3. The predicted octanol–water partition coefficient (Wildman–Crippen LogP) is 1.26. The quantitative estimate of drug-likeness (QED) is 0.484. The van der Waals surface area contributed by atoms with Crippen molar-refractivity contribution in [1.29, 1.82) is 0 Å². The zero-order valence-electron chi connectivity index (χ0n) is 10.4. The molecule has 1 aromatic carbocycles. The Bertz CT molecular complexity index is 413. The van der Waals surface area contributed by atoms with E-state index in [-0.39, 0.29) is 24.1 Å². The summed E-state index contributed by atoms with van der Waals surface area (Å²) in [5.74, 6) is -0.213. The number of carbonyl (C=O) groups excluding carboxylic acids is 1. The molecule has 1 fully saturated rings. The van der Waals surface area contributed by atoms with E-state index in [4.69, 9.17) is 4.74 Å². The van der Waals surface area contributed by atoms with Crippen molar-refractivity contribution in [3.05, 3.63) is 35.9 Å². The van der Waals surface area contributed by atoms with Gasteiger partial charge >= 0.3 is 5.97 Å². The van der Waals surface area contributed by atoms with Crippen LogP contribution < -0.4 is 10.6 Å². The number of hydrogen-bond acceptors (Lipinski definition) is 4. The average Bonchev–Trinajstić information content (AvgIpc) is 2.75. The third-order valence-electron chi connectivity index (χ3n) is 3.33. The van der Waals surface area contributed by atoms with Crippen LogP contribution in [0.25, 0.3) is 0 Å². The highest BCUT2D eigenvalue weighted by molar-refractivity contribution is 14.1. The highest BCUT2D eigenvalue weighted by Crippen LogP contribution is 2.33. The van der Waals surface area contributed by atoms with E-state index in [1.165, 1.54) is 12.7 Å². The summed E-state index contributed by atoms with van der Waals surface area (Å²) in [6.07, 6.45) is 0. The van der Waals surface area contributed by atoms with Gasteiger partial charge in [0.2, 0.25) is 0 Å². The van der Waals surface area contributed by atoms with Crippen molar-refractivity contribution in [1.82, 2.24) is 10.6 Å². The van der Waals surface area contributed by atoms with E-state index in [1.807, 2.05) is 25.2 Å². The second kappa shape index (κ2) is 5.99. The summed E-state index contributed by atoms with van der Waals surface area (Å²) in [6, 6.07) is 10.1. The van der Waals surface area contributed by atoms with Crippen molar-refractivity contribution >= 4 is 28.6 Å². The number of esters is 1. The van der Waals surface area contributed by atoms with Crippen LogP contribution in [0.1, 0.15) is 11.6 Å².